The Bertz CT molecular complexity index is 1670. The highest BCUT2D eigenvalue weighted by atomic mass is 35.5. The zero-order valence-corrected chi connectivity index (χ0v) is 26.9. The molecule has 1 N–H and O–H groups in total. The molecule has 0 saturated heterocycles. The third-order valence-electron chi connectivity index (χ3n) is 7.20. The molecule has 0 spiro atoms. The Balaban J connectivity index is 1.83. The topological polar surface area (TPSA) is 86.8 Å². The summed E-state index contributed by atoms with van der Waals surface area (Å²) in [6, 6.07) is 28.3. The van der Waals surface area contributed by atoms with Gasteiger partial charge < -0.3 is 10.2 Å². The minimum Gasteiger partial charge on any atom is -0.354 e. The highest BCUT2D eigenvalue weighted by molar-refractivity contribution is 7.92. The second-order valence-electron chi connectivity index (χ2n) is 10.3. The molecular weight excluding hydrogens is 617 g/mol. The normalized spacial score (nSPS) is 11.9. The van der Waals surface area contributed by atoms with Crippen molar-refractivity contribution in [3.63, 3.8) is 0 Å². The van der Waals surface area contributed by atoms with E-state index in [4.69, 9.17) is 23.2 Å². The van der Waals surface area contributed by atoms with Crippen LogP contribution in [0.25, 0.3) is 0 Å². The Morgan fingerprint density at radius 1 is 0.818 bits per heavy atom. The van der Waals surface area contributed by atoms with E-state index in [1.807, 2.05) is 37.3 Å². The largest absolute Gasteiger partial charge is 0.354 e. The summed E-state index contributed by atoms with van der Waals surface area (Å²) < 4.78 is 29.3. The molecule has 0 aliphatic carbocycles. The summed E-state index contributed by atoms with van der Waals surface area (Å²) in [4.78, 5) is 29.7. The maximum Gasteiger partial charge on any atom is 0.264 e. The van der Waals surface area contributed by atoms with Gasteiger partial charge in [-0.25, -0.2) is 8.42 Å². The first-order valence-corrected chi connectivity index (χ1v) is 16.5. The van der Waals surface area contributed by atoms with Gasteiger partial charge in [-0.1, -0.05) is 103 Å². The molecule has 0 bridgehead atoms. The summed E-state index contributed by atoms with van der Waals surface area (Å²) in [5.41, 5.74) is 2.32. The van der Waals surface area contributed by atoms with Crippen molar-refractivity contribution >= 4 is 50.7 Å². The summed E-state index contributed by atoms with van der Waals surface area (Å²) in [6.07, 6.45) is 0.893. The van der Waals surface area contributed by atoms with E-state index in [2.05, 4.69) is 5.32 Å². The number of nitrogens with one attached hydrogen (secondary N) is 1. The number of hydrogen-bond donors (Lipinski definition) is 1. The SMILES string of the molecule is CCCNC(=O)C(Cc1ccccc1)N(Cc1c(Cl)cccc1Cl)C(=O)CN(c1ccccc1C)S(=O)(=O)c1ccccc1. The van der Waals surface area contributed by atoms with Crippen molar-refractivity contribution in [3.8, 4) is 0 Å². The van der Waals surface area contributed by atoms with Crippen LogP contribution >= 0.6 is 23.2 Å². The number of amides is 2. The van der Waals surface area contributed by atoms with Crippen molar-refractivity contribution < 1.29 is 18.0 Å². The molecule has 0 aliphatic heterocycles. The first-order chi connectivity index (χ1) is 21.1. The third kappa shape index (κ3) is 8.00. The second-order valence-corrected chi connectivity index (χ2v) is 13.0. The monoisotopic (exact) mass is 651 g/mol. The molecule has 2 amide bonds. The van der Waals surface area contributed by atoms with E-state index >= 15 is 0 Å². The first-order valence-electron chi connectivity index (χ1n) is 14.3. The van der Waals surface area contributed by atoms with Crippen LogP contribution in [-0.4, -0.2) is 44.3 Å². The number of carbonyl (C=O) groups is 2. The highest BCUT2D eigenvalue weighted by Gasteiger charge is 2.35. The third-order valence-corrected chi connectivity index (χ3v) is 9.69. The summed E-state index contributed by atoms with van der Waals surface area (Å²) in [5, 5.41) is 3.58. The van der Waals surface area contributed by atoms with E-state index in [1.54, 1.807) is 67.6 Å². The fraction of sp³-hybridized carbons (Fsp3) is 0.235. The van der Waals surface area contributed by atoms with Crippen LogP contribution in [-0.2, 0) is 32.6 Å². The molecule has 0 aliphatic rings. The number of benzene rings is 4. The molecule has 4 aromatic rings. The summed E-state index contributed by atoms with van der Waals surface area (Å²) >= 11 is 13.1. The number of hydrogen-bond acceptors (Lipinski definition) is 4. The average Bonchev–Trinajstić information content (AvgIpc) is 3.02. The fourth-order valence-corrected chi connectivity index (χ4v) is 6.87. The predicted molar refractivity (Wildman–Crippen MR) is 176 cm³/mol. The Labute approximate surface area is 269 Å². The number of halogens is 2. The molecule has 230 valence electrons. The van der Waals surface area contributed by atoms with Crippen molar-refractivity contribution in [1.29, 1.82) is 0 Å². The van der Waals surface area contributed by atoms with Gasteiger partial charge in [-0.05, 0) is 54.8 Å². The summed E-state index contributed by atoms with van der Waals surface area (Å²) in [7, 11) is -4.18. The number of sulfonamides is 1. The van der Waals surface area contributed by atoms with Crippen LogP contribution in [0.15, 0.2) is 108 Å². The molecule has 1 unspecified atom stereocenters. The summed E-state index contributed by atoms with van der Waals surface area (Å²) in [5.74, 6) is -0.947. The van der Waals surface area contributed by atoms with Crippen LogP contribution in [0.4, 0.5) is 5.69 Å². The molecule has 4 aromatic carbocycles. The number of rotatable bonds is 13. The van der Waals surface area contributed by atoms with Gasteiger partial charge in [0.25, 0.3) is 10.0 Å². The van der Waals surface area contributed by atoms with Gasteiger partial charge in [0.05, 0.1) is 10.6 Å². The van der Waals surface area contributed by atoms with Crippen LogP contribution < -0.4 is 9.62 Å². The predicted octanol–water partition coefficient (Wildman–Crippen LogP) is 6.66. The van der Waals surface area contributed by atoms with E-state index in [-0.39, 0.29) is 23.8 Å². The smallest absolute Gasteiger partial charge is 0.264 e. The van der Waals surface area contributed by atoms with Gasteiger partial charge in [-0.15, -0.1) is 0 Å². The summed E-state index contributed by atoms with van der Waals surface area (Å²) in [6.45, 7) is 3.47. The van der Waals surface area contributed by atoms with Crippen molar-refractivity contribution in [2.45, 2.75) is 44.2 Å². The molecule has 4 rings (SSSR count). The zero-order chi connectivity index (χ0) is 31.7. The number of aryl methyl sites for hydroxylation is 1. The molecule has 7 nitrogen and oxygen atoms in total. The van der Waals surface area contributed by atoms with E-state index in [9.17, 15) is 18.0 Å². The van der Waals surface area contributed by atoms with Gasteiger partial charge in [0.15, 0.2) is 0 Å². The second kappa shape index (κ2) is 15.2. The molecule has 1 atom stereocenters. The number of nitrogens with zero attached hydrogens (tertiary/aromatic N) is 2. The molecular formula is C34H35Cl2N3O4S. The van der Waals surface area contributed by atoms with Crippen LogP contribution in [0.1, 0.15) is 30.0 Å². The van der Waals surface area contributed by atoms with E-state index < -0.39 is 28.5 Å². The first kappa shape index (κ1) is 33.1. The maximum absolute atomic E-state index is 14.5. The van der Waals surface area contributed by atoms with Gasteiger partial charge >= 0.3 is 0 Å². The van der Waals surface area contributed by atoms with E-state index in [0.29, 0.717) is 39.8 Å². The van der Waals surface area contributed by atoms with Gasteiger partial charge in [-0.3, -0.25) is 13.9 Å². The quantitative estimate of drug-likeness (QED) is 0.175. The molecule has 0 radical (unpaired) electrons. The number of carbonyl (C=O) groups excluding carboxylic acids is 2. The zero-order valence-electron chi connectivity index (χ0n) is 24.6. The fourth-order valence-electron chi connectivity index (χ4n) is 4.85. The lowest BCUT2D eigenvalue weighted by Crippen LogP contribution is -2.53. The Hall–Kier alpha value is -3.85. The van der Waals surface area contributed by atoms with Gasteiger partial charge in [-0.2, -0.15) is 0 Å². The van der Waals surface area contributed by atoms with Gasteiger partial charge in [0.1, 0.15) is 12.6 Å². The van der Waals surface area contributed by atoms with Crippen molar-refractivity contribution in [3.05, 3.63) is 130 Å². The molecule has 0 aromatic heterocycles. The molecule has 10 heteroatoms. The van der Waals surface area contributed by atoms with Crippen molar-refractivity contribution in [2.75, 3.05) is 17.4 Å². The molecule has 0 heterocycles. The van der Waals surface area contributed by atoms with Crippen molar-refractivity contribution in [1.82, 2.24) is 10.2 Å². The highest BCUT2D eigenvalue weighted by Crippen LogP contribution is 2.30. The maximum atomic E-state index is 14.5. The lowest BCUT2D eigenvalue weighted by Gasteiger charge is -2.34. The minimum absolute atomic E-state index is 0.0401. The standard InChI is InChI=1S/C34H35Cl2N3O4S/c1-3-21-37-34(41)32(22-26-14-6-4-7-15-26)38(23-28-29(35)18-12-19-30(28)36)33(40)24-39(31-20-11-10-13-25(31)2)44(42,43)27-16-8-5-9-17-27/h4-20,32H,3,21-24H2,1-2H3,(H,37,41). The Kier molecular flexibility index (Phi) is 11.4. The number of para-hydroxylation sites is 1. The van der Waals surface area contributed by atoms with E-state index in [1.165, 1.54) is 17.0 Å². The van der Waals surface area contributed by atoms with Crippen LogP contribution in [0.2, 0.25) is 10.0 Å². The van der Waals surface area contributed by atoms with Crippen LogP contribution in [0.5, 0.6) is 0 Å². The van der Waals surface area contributed by atoms with Crippen molar-refractivity contribution in [2.24, 2.45) is 0 Å². The number of anilines is 1. The Morgan fingerprint density at radius 2 is 1.41 bits per heavy atom. The Morgan fingerprint density at radius 3 is 2.02 bits per heavy atom. The van der Waals surface area contributed by atoms with Gasteiger partial charge in [0, 0.05) is 35.1 Å². The lowest BCUT2D eigenvalue weighted by molar-refractivity contribution is -0.140. The van der Waals surface area contributed by atoms with E-state index in [0.717, 1.165) is 9.87 Å². The lowest BCUT2D eigenvalue weighted by atomic mass is 10.0. The van der Waals surface area contributed by atoms with Crippen LogP contribution in [0.3, 0.4) is 0 Å². The minimum atomic E-state index is -4.18. The molecule has 44 heavy (non-hydrogen) atoms. The van der Waals surface area contributed by atoms with Crippen LogP contribution in [0, 0.1) is 6.92 Å². The molecule has 0 fully saturated rings. The van der Waals surface area contributed by atoms with Gasteiger partial charge in [0.2, 0.25) is 11.8 Å². The molecule has 0 saturated carbocycles. The average molecular weight is 653 g/mol.